The second-order valence-corrected chi connectivity index (χ2v) is 7.09. The summed E-state index contributed by atoms with van der Waals surface area (Å²) in [6, 6.07) is 0. The molecule has 2 rings (SSSR count). The number of esters is 1. The number of nitrogens with zero attached hydrogens (tertiary/aromatic N) is 4. The molecule has 27 heavy (non-hydrogen) atoms. The van der Waals surface area contributed by atoms with Crippen LogP contribution in [0.1, 0.15) is 53.3 Å². The smallest absolute Gasteiger partial charge is 0.350 e. The second-order valence-electron chi connectivity index (χ2n) is 6.12. The molecule has 0 aliphatic heterocycles. The highest BCUT2D eigenvalue weighted by molar-refractivity contribution is 7.17. The lowest BCUT2D eigenvalue weighted by Crippen LogP contribution is -2.30. The minimum absolute atomic E-state index is 0.170. The molecule has 0 spiro atoms. The van der Waals surface area contributed by atoms with Crippen molar-refractivity contribution >= 4 is 34.4 Å². The Morgan fingerprint density at radius 1 is 1.33 bits per heavy atom. The zero-order chi connectivity index (χ0) is 20.0. The fraction of sp³-hybridized carbons (Fsp3) is 0.474. The zero-order valence-electron chi connectivity index (χ0n) is 16.5. The largest absolute Gasteiger partial charge is 0.462 e. The van der Waals surface area contributed by atoms with Crippen molar-refractivity contribution in [3.8, 4) is 0 Å². The maximum Gasteiger partial charge on any atom is 0.350 e. The Balaban J connectivity index is 2.26. The predicted molar refractivity (Wildman–Crippen MR) is 107 cm³/mol. The number of anilines is 1. The van der Waals surface area contributed by atoms with E-state index in [0.717, 1.165) is 24.1 Å². The minimum Gasteiger partial charge on any atom is -0.462 e. The molecule has 0 aliphatic carbocycles. The van der Waals surface area contributed by atoms with Crippen LogP contribution in [0.3, 0.4) is 0 Å². The van der Waals surface area contributed by atoms with Crippen molar-refractivity contribution in [2.45, 2.75) is 40.5 Å². The van der Waals surface area contributed by atoms with Gasteiger partial charge in [-0.2, -0.15) is 5.10 Å². The normalized spacial score (nSPS) is 11.1. The molecule has 0 aromatic carbocycles. The summed E-state index contributed by atoms with van der Waals surface area (Å²) in [5.41, 5.74) is 2.45. The molecule has 7 nitrogen and oxygen atoms in total. The number of aryl methyl sites for hydroxylation is 2. The highest BCUT2D eigenvalue weighted by Gasteiger charge is 2.22. The molecule has 2 aromatic heterocycles. The van der Waals surface area contributed by atoms with Crippen LogP contribution >= 0.6 is 11.3 Å². The molecule has 0 unspecified atom stereocenters. The number of hydrogen-bond acceptors (Lipinski definition) is 6. The first-order chi connectivity index (χ1) is 12.9. The highest BCUT2D eigenvalue weighted by Crippen LogP contribution is 2.27. The van der Waals surface area contributed by atoms with E-state index >= 15 is 0 Å². The topological polar surface area (TPSA) is 77.3 Å². The number of carbonyl (C=O) groups excluding carboxylic acids is 2. The van der Waals surface area contributed by atoms with Gasteiger partial charge in [0.1, 0.15) is 4.88 Å². The van der Waals surface area contributed by atoms with Crippen LogP contribution in [0.5, 0.6) is 0 Å². The highest BCUT2D eigenvalue weighted by atomic mass is 32.1. The predicted octanol–water partition coefficient (Wildman–Crippen LogP) is 3.52. The van der Waals surface area contributed by atoms with E-state index in [2.05, 4.69) is 17.0 Å². The van der Waals surface area contributed by atoms with E-state index in [1.165, 1.54) is 17.4 Å². The summed E-state index contributed by atoms with van der Waals surface area (Å²) in [5.74, 6) is -0.570. The minimum atomic E-state index is -0.400. The van der Waals surface area contributed by atoms with E-state index in [-0.39, 0.29) is 5.91 Å². The standard InChI is InChI=1S/C19H26N4O3S/c1-6-8-11-23(16(24)10-9-15-12-20-22(5)14(15)4)19-21-13(3)17(27-19)18(25)26-7-2/h9-10,12H,6-8,11H2,1-5H3. The fourth-order valence-electron chi connectivity index (χ4n) is 2.43. The SMILES string of the molecule is CCCCN(C(=O)C=Cc1cnn(C)c1C)c1nc(C)c(C(=O)OCC)s1. The van der Waals surface area contributed by atoms with E-state index in [0.29, 0.717) is 28.9 Å². The average Bonchev–Trinajstić information content (AvgIpc) is 3.17. The summed E-state index contributed by atoms with van der Waals surface area (Å²) in [7, 11) is 1.86. The zero-order valence-corrected chi connectivity index (χ0v) is 17.3. The van der Waals surface area contributed by atoms with Gasteiger partial charge >= 0.3 is 5.97 Å². The van der Waals surface area contributed by atoms with Crippen molar-refractivity contribution in [2.75, 3.05) is 18.1 Å². The summed E-state index contributed by atoms with van der Waals surface area (Å²) in [6.45, 7) is 8.37. The average molecular weight is 391 g/mol. The van der Waals surface area contributed by atoms with Crippen LogP contribution in [-0.4, -0.2) is 39.8 Å². The Bertz CT molecular complexity index is 838. The molecule has 0 saturated carbocycles. The van der Waals surface area contributed by atoms with Crippen LogP contribution in [0.15, 0.2) is 12.3 Å². The monoisotopic (exact) mass is 390 g/mol. The summed E-state index contributed by atoms with van der Waals surface area (Å²) in [6.07, 6.45) is 6.81. The fourth-order valence-corrected chi connectivity index (χ4v) is 3.42. The van der Waals surface area contributed by atoms with E-state index in [1.807, 2.05) is 14.0 Å². The van der Waals surface area contributed by atoms with E-state index < -0.39 is 5.97 Å². The first-order valence-electron chi connectivity index (χ1n) is 9.01. The molecule has 0 radical (unpaired) electrons. The Morgan fingerprint density at radius 2 is 2.07 bits per heavy atom. The van der Waals surface area contributed by atoms with Crippen molar-refractivity contribution in [3.63, 3.8) is 0 Å². The Labute approximate surface area is 163 Å². The van der Waals surface area contributed by atoms with Crippen LogP contribution in [-0.2, 0) is 16.6 Å². The molecule has 2 heterocycles. The van der Waals surface area contributed by atoms with Gasteiger partial charge in [-0.1, -0.05) is 24.7 Å². The summed E-state index contributed by atoms with van der Waals surface area (Å²) in [5, 5.41) is 4.69. The van der Waals surface area contributed by atoms with Gasteiger partial charge in [-0.15, -0.1) is 0 Å². The lowest BCUT2D eigenvalue weighted by atomic mass is 10.2. The molecule has 0 saturated heterocycles. The van der Waals surface area contributed by atoms with Gasteiger partial charge in [0.05, 0.1) is 18.5 Å². The number of carbonyl (C=O) groups is 2. The molecule has 8 heteroatoms. The Hall–Kier alpha value is -2.48. The van der Waals surface area contributed by atoms with Gasteiger partial charge in [0, 0.05) is 30.9 Å². The molecule has 0 bridgehead atoms. The van der Waals surface area contributed by atoms with Crippen molar-refractivity contribution in [1.29, 1.82) is 0 Å². The first-order valence-corrected chi connectivity index (χ1v) is 9.83. The van der Waals surface area contributed by atoms with Gasteiger partial charge in [-0.05, 0) is 33.3 Å². The third-order valence-electron chi connectivity index (χ3n) is 4.16. The number of ether oxygens (including phenoxy) is 1. The van der Waals surface area contributed by atoms with Gasteiger partial charge in [0.25, 0.3) is 5.91 Å². The van der Waals surface area contributed by atoms with Crippen LogP contribution in [0.25, 0.3) is 6.08 Å². The molecule has 2 aromatic rings. The summed E-state index contributed by atoms with van der Waals surface area (Å²) in [4.78, 5) is 31.4. The Morgan fingerprint density at radius 3 is 2.67 bits per heavy atom. The maximum atomic E-state index is 12.8. The lowest BCUT2D eigenvalue weighted by molar-refractivity contribution is -0.114. The van der Waals surface area contributed by atoms with Crippen LogP contribution < -0.4 is 4.90 Å². The number of rotatable bonds is 8. The molecule has 146 valence electrons. The number of thiazole rings is 1. The second kappa shape index (κ2) is 9.45. The molecule has 0 aliphatic rings. The maximum absolute atomic E-state index is 12.8. The summed E-state index contributed by atoms with van der Waals surface area (Å²) < 4.78 is 6.83. The van der Waals surface area contributed by atoms with Crippen LogP contribution in [0, 0.1) is 13.8 Å². The number of aromatic nitrogens is 3. The van der Waals surface area contributed by atoms with Gasteiger partial charge in [-0.25, -0.2) is 9.78 Å². The van der Waals surface area contributed by atoms with Gasteiger partial charge < -0.3 is 4.74 Å². The third kappa shape index (κ3) is 5.03. The molecule has 0 fully saturated rings. The quantitative estimate of drug-likeness (QED) is 0.509. The molecule has 1 amide bonds. The summed E-state index contributed by atoms with van der Waals surface area (Å²) >= 11 is 1.19. The van der Waals surface area contributed by atoms with Gasteiger partial charge in [0.15, 0.2) is 5.13 Å². The van der Waals surface area contributed by atoms with Gasteiger partial charge in [-0.3, -0.25) is 14.4 Å². The van der Waals surface area contributed by atoms with Crippen molar-refractivity contribution < 1.29 is 14.3 Å². The van der Waals surface area contributed by atoms with E-state index in [9.17, 15) is 9.59 Å². The molecule has 0 N–H and O–H groups in total. The van der Waals surface area contributed by atoms with Crippen LogP contribution in [0.4, 0.5) is 5.13 Å². The Kier molecular flexibility index (Phi) is 7.29. The first kappa shape index (κ1) is 20.8. The van der Waals surface area contributed by atoms with Gasteiger partial charge in [0.2, 0.25) is 0 Å². The number of hydrogen-bond donors (Lipinski definition) is 0. The van der Waals surface area contributed by atoms with E-state index in [4.69, 9.17) is 4.74 Å². The lowest BCUT2D eigenvalue weighted by Gasteiger charge is -2.17. The van der Waals surface area contributed by atoms with Crippen molar-refractivity contribution in [2.24, 2.45) is 7.05 Å². The molecule has 0 atom stereocenters. The van der Waals surface area contributed by atoms with E-state index in [1.54, 1.807) is 35.7 Å². The van der Waals surface area contributed by atoms with Crippen molar-refractivity contribution in [3.05, 3.63) is 34.1 Å². The van der Waals surface area contributed by atoms with Crippen molar-refractivity contribution in [1.82, 2.24) is 14.8 Å². The number of unbranched alkanes of at least 4 members (excludes halogenated alkanes) is 1. The number of amides is 1. The molecular weight excluding hydrogens is 364 g/mol. The molecular formula is C19H26N4O3S. The van der Waals surface area contributed by atoms with Crippen LogP contribution in [0.2, 0.25) is 0 Å². The third-order valence-corrected chi connectivity index (χ3v) is 5.32.